The van der Waals surface area contributed by atoms with Gasteiger partial charge < -0.3 is 4.74 Å². The summed E-state index contributed by atoms with van der Waals surface area (Å²) >= 11 is 11.7. The van der Waals surface area contributed by atoms with Crippen LogP contribution in [0.25, 0.3) is 11.1 Å². The quantitative estimate of drug-likeness (QED) is 0.437. The standard InChI is InChI=1S/C20H11Cl2NO2/c21-18-10-7-16(11-19(18)22)20(24)25-17-8-5-15(6-9-17)14-3-1-13(12-23)2-4-14/h1-11H. The van der Waals surface area contributed by atoms with Crippen LogP contribution in [0, 0.1) is 11.3 Å². The van der Waals surface area contributed by atoms with Gasteiger partial charge in [0.1, 0.15) is 5.75 Å². The molecule has 0 saturated carbocycles. The molecule has 0 aliphatic heterocycles. The van der Waals surface area contributed by atoms with Crippen LogP contribution >= 0.6 is 23.2 Å². The molecule has 3 nitrogen and oxygen atoms in total. The predicted molar refractivity (Wildman–Crippen MR) is 98.0 cm³/mol. The molecule has 0 atom stereocenters. The Morgan fingerprint density at radius 1 is 0.840 bits per heavy atom. The Hall–Kier alpha value is -2.80. The predicted octanol–water partition coefficient (Wildman–Crippen LogP) is 5.75. The Balaban J connectivity index is 1.74. The van der Waals surface area contributed by atoms with Gasteiger partial charge in [-0.1, -0.05) is 47.5 Å². The van der Waals surface area contributed by atoms with Crippen LogP contribution in [0.4, 0.5) is 0 Å². The molecule has 0 aromatic heterocycles. The third-order valence-corrected chi connectivity index (χ3v) is 4.31. The Morgan fingerprint density at radius 3 is 2.00 bits per heavy atom. The summed E-state index contributed by atoms with van der Waals surface area (Å²) in [7, 11) is 0. The molecule has 122 valence electrons. The van der Waals surface area contributed by atoms with Crippen LogP contribution in [0.15, 0.2) is 66.7 Å². The molecule has 3 aromatic carbocycles. The van der Waals surface area contributed by atoms with Gasteiger partial charge in [0, 0.05) is 0 Å². The van der Waals surface area contributed by atoms with E-state index in [1.165, 1.54) is 6.07 Å². The largest absolute Gasteiger partial charge is 0.423 e. The average Bonchev–Trinajstić information content (AvgIpc) is 2.64. The van der Waals surface area contributed by atoms with Gasteiger partial charge in [0.2, 0.25) is 0 Å². The summed E-state index contributed by atoms with van der Waals surface area (Å²) in [5, 5.41) is 9.51. The van der Waals surface area contributed by atoms with Crippen molar-refractivity contribution in [3.05, 3.63) is 87.9 Å². The highest BCUT2D eigenvalue weighted by Gasteiger charge is 2.11. The van der Waals surface area contributed by atoms with Crippen LogP contribution in [-0.4, -0.2) is 5.97 Å². The normalized spacial score (nSPS) is 10.1. The SMILES string of the molecule is N#Cc1ccc(-c2ccc(OC(=O)c3ccc(Cl)c(Cl)c3)cc2)cc1. The number of carbonyl (C=O) groups is 1. The number of nitrogens with zero attached hydrogens (tertiary/aromatic N) is 1. The molecule has 0 saturated heterocycles. The molecule has 3 rings (SSSR count). The number of benzene rings is 3. The lowest BCUT2D eigenvalue weighted by molar-refractivity contribution is 0.0735. The van der Waals surface area contributed by atoms with E-state index in [2.05, 4.69) is 6.07 Å². The molecule has 0 aliphatic rings. The molecule has 0 amide bonds. The molecule has 25 heavy (non-hydrogen) atoms. The first-order valence-corrected chi connectivity index (χ1v) is 8.10. The molecule has 0 N–H and O–H groups in total. The molecule has 5 heteroatoms. The fourth-order valence-electron chi connectivity index (χ4n) is 2.24. The highest BCUT2D eigenvalue weighted by molar-refractivity contribution is 6.42. The van der Waals surface area contributed by atoms with E-state index >= 15 is 0 Å². The lowest BCUT2D eigenvalue weighted by atomic mass is 10.0. The first kappa shape index (κ1) is 17.0. The number of ether oxygens (including phenoxy) is 1. The van der Waals surface area contributed by atoms with Crippen molar-refractivity contribution in [2.24, 2.45) is 0 Å². The van der Waals surface area contributed by atoms with Crippen molar-refractivity contribution in [2.45, 2.75) is 0 Å². The number of rotatable bonds is 3. The zero-order valence-corrected chi connectivity index (χ0v) is 14.4. The minimum atomic E-state index is -0.510. The van der Waals surface area contributed by atoms with Gasteiger partial charge in [-0.15, -0.1) is 0 Å². The number of hydrogen-bond donors (Lipinski definition) is 0. The van der Waals surface area contributed by atoms with Crippen LogP contribution < -0.4 is 4.74 Å². The fraction of sp³-hybridized carbons (Fsp3) is 0. The van der Waals surface area contributed by atoms with E-state index in [0.717, 1.165) is 11.1 Å². The zero-order chi connectivity index (χ0) is 17.8. The third kappa shape index (κ3) is 4.00. The van der Waals surface area contributed by atoms with E-state index in [-0.39, 0.29) is 0 Å². The van der Waals surface area contributed by atoms with E-state index in [0.29, 0.717) is 26.9 Å². The monoisotopic (exact) mass is 367 g/mol. The summed E-state index contributed by atoms with van der Waals surface area (Å²) in [4.78, 5) is 12.1. The molecule has 0 heterocycles. The highest BCUT2D eigenvalue weighted by atomic mass is 35.5. The molecule has 0 radical (unpaired) electrons. The molecular formula is C20H11Cl2NO2. The van der Waals surface area contributed by atoms with Crippen LogP contribution in [0.2, 0.25) is 10.0 Å². The van der Waals surface area contributed by atoms with Crippen molar-refractivity contribution < 1.29 is 9.53 Å². The molecular weight excluding hydrogens is 357 g/mol. The molecule has 0 unspecified atom stereocenters. The summed E-state index contributed by atoms with van der Waals surface area (Å²) in [5.41, 5.74) is 2.86. The third-order valence-electron chi connectivity index (χ3n) is 3.57. The van der Waals surface area contributed by atoms with Crippen molar-refractivity contribution >= 4 is 29.2 Å². The van der Waals surface area contributed by atoms with E-state index in [1.54, 1.807) is 36.4 Å². The summed E-state index contributed by atoms with van der Waals surface area (Å²) in [6.45, 7) is 0. The Bertz CT molecular complexity index is 958. The van der Waals surface area contributed by atoms with Crippen LogP contribution in [-0.2, 0) is 0 Å². The molecule has 3 aromatic rings. The van der Waals surface area contributed by atoms with Crippen LogP contribution in [0.1, 0.15) is 15.9 Å². The Labute approximate surface area is 155 Å². The van der Waals surface area contributed by atoms with Crippen molar-refractivity contribution in [2.75, 3.05) is 0 Å². The minimum Gasteiger partial charge on any atom is -0.423 e. The molecule has 0 bridgehead atoms. The van der Waals surface area contributed by atoms with Crippen molar-refractivity contribution in [1.29, 1.82) is 5.26 Å². The number of carbonyl (C=O) groups excluding carboxylic acids is 1. The minimum absolute atomic E-state index is 0.298. The van der Waals surface area contributed by atoms with E-state index in [9.17, 15) is 4.79 Å². The lowest BCUT2D eigenvalue weighted by Gasteiger charge is -2.07. The Kier molecular flexibility index (Phi) is 5.04. The average molecular weight is 368 g/mol. The molecule has 0 aliphatic carbocycles. The van der Waals surface area contributed by atoms with E-state index in [1.807, 2.05) is 24.3 Å². The Morgan fingerprint density at radius 2 is 1.44 bits per heavy atom. The maximum atomic E-state index is 12.1. The van der Waals surface area contributed by atoms with Crippen LogP contribution in [0.3, 0.4) is 0 Å². The van der Waals surface area contributed by atoms with Gasteiger partial charge >= 0.3 is 5.97 Å². The van der Waals surface area contributed by atoms with Gasteiger partial charge in [-0.05, 0) is 53.6 Å². The van der Waals surface area contributed by atoms with Gasteiger partial charge in [0.05, 0.1) is 27.2 Å². The second-order valence-corrected chi connectivity index (χ2v) is 6.05. The number of halogens is 2. The summed E-state index contributed by atoms with van der Waals surface area (Å²) < 4.78 is 5.34. The number of esters is 1. The van der Waals surface area contributed by atoms with Crippen molar-refractivity contribution in [1.82, 2.24) is 0 Å². The van der Waals surface area contributed by atoms with Gasteiger partial charge in [-0.3, -0.25) is 0 Å². The van der Waals surface area contributed by atoms with Gasteiger partial charge in [-0.25, -0.2) is 4.79 Å². The first-order chi connectivity index (χ1) is 12.1. The number of nitriles is 1. The van der Waals surface area contributed by atoms with Crippen LogP contribution in [0.5, 0.6) is 5.75 Å². The lowest BCUT2D eigenvalue weighted by Crippen LogP contribution is -2.08. The second-order valence-electron chi connectivity index (χ2n) is 5.23. The topological polar surface area (TPSA) is 50.1 Å². The summed E-state index contributed by atoms with van der Waals surface area (Å²) in [6.07, 6.45) is 0. The van der Waals surface area contributed by atoms with Crippen molar-refractivity contribution in [3.63, 3.8) is 0 Å². The molecule has 0 spiro atoms. The first-order valence-electron chi connectivity index (χ1n) is 7.34. The van der Waals surface area contributed by atoms with Gasteiger partial charge in [-0.2, -0.15) is 5.26 Å². The molecule has 0 fully saturated rings. The number of hydrogen-bond acceptors (Lipinski definition) is 3. The highest BCUT2D eigenvalue weighted by Crippen LogP contribution is 2.25. The fourth-order valence-corrected chi connectivity index (χ4v) is 2.54. The van der Waals surface area contributed by atoms with Gasteiger partial charge in [0.25, 0.3) is 0 Å². The van der Waals surface area contributed by atoms with E-state index < -0.39 is 5.97 Å². The smallest absolute Gasteiger partial charge is 0.343 e. The summed E-state index contributed by atoms with van der Waals surface area (Å²) in [5.74, 6) is -0.0850. The van der Waals surface area contributed by atoms with E-state index in [4.69, 9.17) is 33.2 Å². The maximum absolute atomic E-state index is 12.1. The maximum Gasteiger partial charge on any atom is 0.343 e. The zero-order valence-electron chi connectivity index (χ0n) is 12.9. The summed E-state index contributed by atoms with van der Waals surface area (Å²) in [6, 6.07) is 21.0. The second kappa shape index (κ2) is 7.40. The van der Waals surface area contributed by atoms with Gasteiger partial charge in [0.15, 0.2) is 0 Å². The van der Waals surface area contributed by atoms with Crippen molar-refractivity contribution in [3.8, 4) is 22.9 Å².